The highest BCUT2D eigenvalue weighted by molar-refractivity contribution is 5.78. The number of likely N-dealkylation sites (N-methyl/N-ethyl adjacent to an activating group) is 1. The van der Waals surface area contributed by atoms with Crippen LogP contribution in [0, 0.1) is 5.92 Å². The molecule has 1 saturated heterocycles. The van der Waals surface area contributed by atoms with Gasteiger partial charge in [-0.1, -0.05) is 18.2 Å². The van der Waals surface area contributed by atoms with Gasteiger partial charge in [-0.3, -0.25) is 9.59 Å². The minimum atomic E-state index is -0.933. The van der Waals surface area contributed by atoms with Crippen LogP contribution in [0.4, 0.5) is 0 Å². The lowest BCUT2D eigenvalue weighted by atomic mass is 10.0. The number of carbonyl (C=O) groups excluding carboxylic acids is 1. The predicted octanol–water partition coefficient (Wildman–Crippen LogP) is 1.01. The van der Waals surface area contributed by atoms with Crippen LogP contribution in [0.3, 0.4) is 0 Å². The lowest BCUT2D eigenvalue weighted by Crippen LogP contribution is -2.44. The summed E-state index contributed by atoms with van der Waals surface area (Å²) in [5.41, 5.74) is 0. The van der Waals surface area contributed by atoms with Crippen molar-refractivity contribution in [3.8, 4) is 5.75 Å². The van der Waals surface area contributed by atoms with Crippen LogP contribution in [0.1, 0.15) is 6.42 Å². The van der Waals surface area contributed by atoms with Gasteiger partial charge in [-0.05, 0) is 12.1 Å². The molecule has 1 heterocycles. The van der Waals surface area contributed by atoms with Crippen LogP contribution in [-0.4, -0.2) is 54.8 Å². The quantitative estimate of drug-likeness (QED) is 0.847. The van der Waals surface area contributed by atoms with E-state index in [0.717, 1.165) is 0 Å². The first-order chi connectivity index (χ1) is 10.1. The van der Waals surface area contributed by atoms with Gasteiger partial charge >= 0.3 is 5.97 Å². The van der Waals surface area contributed by atoms with E-state index >= 15 is 0 Å². The molecule has 0 radical (unpaired) electrons. The number of hydrogen-bond donors (Lipinski definition) is 1. The Hall–Kier alpha value is -2.08. The summed E-state index contributed by atoms with van der Waals surface area (Å²) in [7, 11) is 1.61. The van der Waals surface area contributed by atoms with Crippen molar-refractivity contribution in [3.05, 3.63) is 30.3 Å². The van der Waals surface area contributed by atoms with Gasteiger partial charge in [0.05, 0.1) is 32.3 Å². The van der Waals surface area contributed by atoms with E-state index in [9.17, 15) is 9.59 Å². The van der Waals surface area contributed by atoms with Gasteiger partial charge in [0.2, 0.25) is 5.91 Å². The Balaban J connectivity index is 1.81. The van der Waals surface area contributed by atoms with Crippen molar-refractivity contribution in [2.75, 3.05) is 26.9 Å². The lowest BCUT2D eigenvalue weighted by Gasteiger charge is -2.26. The number of carbonyl (C=O) groups is 2. The van der Waals surface area contributed by atoms with E-state index in [-0.39, 0.29) is 32.1 Å². The molecular weight excluding hydrogens is 274 g/mol. The van der Waals surface area contributed by atoms with Crippen LogP contribution in [0.15, 0.2) is 30.3 Å². The van der Waals surface area contributed by atoms with Crippen LogP contribution in [0.25, 0.3) is 0 Å². The summed E-state index contributed by atoms with van der Waals surface area (Å²) in [6, 6.07) is 8.83. The number of ether oxygens (including phenoxy) is 2. The Morgan fingerprint density at radius 2 is 2.05 bits per heavy atom. The predicted molar refractivity (Wildman–Crippen MR) is 75.1 cm³/mol. The van der Waals surface area contributed by atoms with Gasteiger partial charge in [-0.15, -0.1) is 0 Å². The topological polar surface area (TPSA) is 76.1 Å². The Morgan fingerprint density at radius 1 is 1.33 bits per heavy atom. The molecule has 0 bridgehead atoms. The zero-order valence-corrected chi connectivity index (χ0v) is 11.9. The van der Waals surface area contributed by atoms with Gasteiger partial charge in [0.25, 0.3) is 0 Å². The molecule has 2 atom stereocenters. The van der Waals surface area contributed by atoms with E-state index in [0.29, 0.717) is 5.75 Å². The molecule has 2 rings (SSSR count). The molecule has 114 valence electrons. The first-order valence-corrected chi connectivity index (χ1v) is 6.83. The minimum absolute atomic E-state index is 0.146. The molecule has 1 N–H and O–H groups in total. The molecule has 0 aliphatic carbocycles. The van der Waals surface area contributed by atoms with Crippen molar-refractivity contribution in [1.29, 1.82) is 0 Å². The van der Waals surface area contributed by atoms with E-state index in [2.05, 4.69) is 0 Å². The van der Waals surface area contributed by atoms with Crippen molar-refractivity contribution in [1.82, 2.24) is 4.90 Å². The van der Waals surface area contributed by atoms with E-state index < -0.39 is 17.9 Å². The van der Waals surface area contributed by atoms with Gasteiger partial charge in [-0.2, -0.15) is 0 Å². The molecule has 0 saturated carbocycles. The Labute approximate surface area is 123 Å². The monoisotopic (exact) mass is 293 g/mol. The number of benzene rings is 1. The zero-order chi connectivity index (χ0) is 15.2. The molecule has 1 aliphatic heterocycles. The number of carboxylic acids is 1. The van der Waals surface area contributed by atoms with E-state index in [1.165, 1.54) is 4.90 Å². The zero-order valence-electron chi connectivity index (χ0n) is 11.9. The third kappa shape index (κ3) is 3.95. The molecule has 1 aromatic carbocycles. The van der Waals surface area contributed by atoms with E-state index in [4.69, 9.17) is 14.6 Å². The summed E-state index contributed by atoms with van der Waals surface area (Å²) in [6.45, 7) is 0.676. The van der Waals surface area contributed by atoms with Crippen molar-refractivity contribution < 1.29 is 24.2 Å². The Kier molecular flexibility index (Phi) is 5.16. The Morgan fingerprint density at radius 3 is 2.71 bits per heavy atom. The highest BCUT2D eigenvalue weighted by Gasteiger charge is 2.38. The van der Waals surface area contributed by atoms with Crippen LogP contribution >= 0.6 is 0 Å². The van der Waals surface area contributed by atoms with E-state index in [1.54, 1.807) is 7.05 Å². The summed E-state index contributed by atoms with van der Waals surface area (Å²) in [5.74, 6) is -1.03. The highest BCUT2D eigenvalue weighted by atomic mass is 16.5. The van der Waals surface area contributed by atoms with E-state index in [1.807, 2.05) is 30.3 Å². The number of nitrogens with zero attached hydrogens (tertiary/aromatic N) is 1. The Bertz CT molecular complexity index is 490. The smallest absolute Gasteiger partial charge is 0.311 e. The summed E-state index contributed by atoms with van der Waals surface area (Å²) >= 11 is 0. The minimum Gasteiger partial charge on any atom is -0.493 e. The summed E-state index contributed by atoms with van der Waals surface area (Å²) in [4.78, 5) is 24.6. The molecule has 1 aliphatic rings. The average Bonchev–Trinajstić information content (AvgIpc) is 2.97. The molecule has 1 fully saturated rings. The number of para-hydroxylation sites is 1. The average molecular weight is 293 g/mol. The van der Waals surface area contributed by atoms with Crippen LogP contribution < -0.4 is 4.74 Å². The van der Waals surface area contributed by atoms with Crippen LogP contribution in [0.2, 0.25) is 0 Å². The number of hydrogen-bond acceptors (Lipinski definition) is 4. The fourth-order valence-electron chi connectivity index (χ4n) is 2.29. The third-order valence-electron chi connectivity index (χ3n) is 3.59. The highest BCUT2D eigenvalue weighted by Crippen LogP contribution is 2.19. The number of aliphatic carboxylic acids is 1. The second-order valence-corrected chi connectivity index (χ2v) is 4.97. The van der Waals surface area contributed by atoms with Gasteiger partial charge in [-0.25, -0.2) is 0 Å². The second-order valence-electron chi connectivity index (χ2n) is 4.97. The lowest BCUT2D eigenvalue weighted by molar-refractivity contribution is -0.144. The van der Waals surface area contributed by atoms with Crippen molar-refractivity contribution in [2.45, 2.75) is 12.5 Å². The van der Waals surface area contributed by atoms with Gasteiger partial charge in [0.15, 0.2) is 0 Å². The van der Waals surface area contributed by atoms with Crippen molar-refractivity contribution in [3.63, 3.8) is 0 Å². The third-order valence-corrected chi connectivity index (χ3v) is 3.59. The molecule has 21 heavy (non-hydrogen) atoms. The summed E-state index contributed by atoms with van der Waals surface area (Å²) < 4.78 is 10.6. The maximum absolute atomic E-state index is 12.1. The van der Waals surface area contributed by atoms with Gasteiger partial charge in [0, 0.05) is 7.05 Å². The fraction of sp³-hybridized carbons (Fsp3) is 0.467. The van der Waals surface area contributed by atoms with Crippen LogP contribution in [0.5, 0.6) is 5.75 Å². The summed E-state index contributed by atoms with van der Waals surface area (Å²) in [6.07, 6.45) is 0.203. The fourth-order valence-corrected chi connectivity index (χ4v) is 2.29. The molecule has 6 heteroatoms. The van der Waals surface area contributed by atoms with Crippen LogP contribution in [-0.2, 0) is 14.3 Å². The molecular formula is C15H19NO5. The number of amides is 1. The molecule has 0 spiro atoms. The molecule has 2 unspecified atom stereocenters. The first kappa shape index (κ1) is 15.3. The largest absolute Gasteiger partial charge is 0.493 e. The maximum atomic E-state index is 12.1. The van der Waals surface area contributed by atoms with Gasteiger partial charge in [0.1, 0.15) is 11.7 Å². The summed E-state index contributed by atoms with van der Waals surface area (Å²) in [5, 5.41) is 9.10. The van der Waals surface area contributed by atoms with Gasteiger partial charge < -0.3 is 19.5 Å². The molecule has 0 aromatic heterocycles. The van der Waals surface area contributed by atoms with Crippen molar-refractivity contribution >= 4 is 11.9 Å². The second kappa shape index (κ2) is 7.08. The molecule has 6 nitrogen and oxygen atoms in total. The SMILES string of the molecule is CN(C(=O)CCOc1ccccc1)C1COCC1C(=O)O. The number of carboxylic acid groups (broad SMARTS) is 1. The normalized spacial score (nSPS) is 21.0. The van der Waals surface area contributed by atoms with Crippen molar-refractivity contribution in [2.24, 2.45) is 5.92 Å². The maximum Gasteiger partial charge on any atom is 0.311 e. The molecule has 1 amide bonds. The molecule has 1 aromatic rings. The first-order valence-electron chi connectivity index (χ1n) is 6.83. The number of rotatable bonds is 6. The standard InChI is InChI=1S/C15H19NO5/c1-16(13-10-20-9-12(13)15(18)19)14(17)7-8-21-11-5-3-2-4-6-11/h2-6,12-13H,7-10H2,1H3,(H,18,19).